The number of rotatable bonds is 7. The van der Waals surface area contributed by atoms with Crippen LogP contribution in [0.15, 0.2) is 30.3 Å². The van der Waals surface area contributed by atoms with Gasteiger partial charge in [-0.3, -0.25) is 0 Å². The molecule has 2 amide bonds. The number of aromatic nitrogens is 2. The van der Waals surface area contributed by atoms with Crippen LogP contribution < -0.4 is 10.6 Å². The predicted molar refractivity (Wildman–Crippen MR) is 100 cm³/mol. The fraction of sp³-hybridized carbons (Fsp3) is 0.474. The van der Waals surface area contributed by atoms with Gasteiger partial charge < -0.3 is 15.7 Å². The van der Waals surface area contributed by atoms with Crippen molar-refractivity contribution in [2.24, 2.45) is 5.41 Å². The number of benzene rings is 1. The van der Waals surface area contributed by atoms with E-state index in [9.17, 15) is 9.90 Å². The van der Waals surface area contributed by atoms with Gasteiger partial charge in [0.2, 0.25) is 0 Å². The number of anilines is 1. The summed E-state index contributed by atoms with van der Waals surface area (Å²) in [6.07, 6.45) is 1.67. The van der Waals surface area contributed by atoms with E-state index in [2.05, 4.69) is 15.7 Å². The summed E-state index contributed by atoms with van der Waals surface area (Å²) >= 11 is 0. The molecule has 0 saturated heterocycles. The van der Waals surface area contributed by atoms with Crippen LogP contribution in [0.5, 0.6) is 0 Å². The maximum absolute atomic E-state index is 12.2. The van der Waals surface area contributed by atoms with Crippen LogP contribution in [0.3, 0.4) is 0 Å². The molecule has 2 aromatic rings. The monoisotopic (exact) mass is 344 g/mol. The minimum Gasteiger partial charge on any atom is -0.396 e. The molecule has 2 rings (SSSR count). The summed E-state index contributed by atoms with van der Waals surface area (Å²) in [6, 6.07) is 9.36. The topological polar surface area (TPSA) is 79.2 Å². The molecule has 0 bridgehead atoms. The van der Waals surface area contributed by atoms with E-state index in [0.29, 0.717) is 12.2 Å². The van der Waals surface area contributed by atoms with Crippen LogP contribution >= 0.6 is 0 Å². The summed E-state index contributed by atoms with van der Waals surface area (Å²) in [5, 5.41) is 19.5. The third kappa shape index (κ3) is 5.32. The summed E-state index contributed by atoms with van der Waals surface area (Å²) in [7, 11) is 0. The molecular weight excluding hydrogens is 316 g/mol. The quantitative estimate of drug-likeness (QED) is 0.674. The molecule has 3 N–H and O–H groups in total. The van der Waals surface area contributed by atoms with Crippen molar-refractivity contribution < 1.29 is 9.90 Å². The minimum atomic E-state index is -0.240. The summed E-state index contributed by atoms with van der Waals surface area (Å²) in [4.78, 5) is 12.2. The predicted octanol–water partition coefficient (Wildman–Crippen LogP) is 3.41. The first-order valence-electron chi connectivity index (χ1n) is 8.61. The number of carbonyl (C=O) groups excluding carboxylic acids is 1. The van der Waals surface area contributed by atoms with Crippen LogP contribution in [0, 0.1) is 19.3 Å². The Morgan fingerprint density at radius 2 is 2.00 bits per heavy atom. The summed E-state index contributed by atoms with van der Waals surface area (Å²) in [6.45, 7) is 8.67. The molecule has 1 heterocycles. The summed E-state index contributed by atoms with van der Waals surface area (Å²) in [5.41, 5.74) is 3.38. The second-order valence-corrected chi connectivity index (χ2v) is 7.16. The van der Waals surface area contributed by atoms with Gasteiger partial charge in [-0.2, -0.15) is 5.10 Å². The fourth-order valence-electron chi connectivity index (χ4n) is 2.65. The van der Waals surface area contributed by atoms with Gasteiger partial charge in [0.05, 0.1) is 17.1 Å². The molecule has 6 nitrogen and oxygen atoms in total. The van der Waals surface area contributed by atoms with Crippen molar-refractivity contribution in [3.8, 4) is 5.69 Å². The SMILES string of the molecule is Cc1cc(C)n(-c2ccccc2NC(=O)NCCCC(C)(C)CO)n1. The number of aliphatic hydroxyl groups is 1. The smallest absolute Gasteiger partial charge is 0.319 e. The number of urea groups is 1. The molecule has 1 aromatic carbocycles. The number of amides is 2. The zero-order valence-corrected chi connectivity index (χ0v) is 15.5. The van der Waals surface area contributed by atoms with Gasteiger partial charge in [0.15, 0.2) is 0 Å². The van der Waals surface area contributed by atoms with Crippen LogP contribution in [-0.4, -0.2) is 34.1 Å². The maximum Gasteiger partial charge on any atom is 0.319 e. The molecule has 1 aromatic heterocycles. The molecule has 0 aliphatic carbocycles. The van der Waals surface area contributed by atoms with Crippen molar-refractivity contribution in [3.05, 3.63) is 41.7 Å². The molecule has 0 aliphatic rings. The highest BCUT2D eigenvalue weighted by atomic mass is 16.3. The van der Waals surface area contributed by atoms with Gasteiger partial charge in [-0.1, -0.05) is 26.0 Å². The number of hydrogen-bond acceptors (Lipinski definition) is 3. The van der Waals surface area contributed by atoms with Crippen LogP contribution in [0.1, 0.15) is 38.1 Å². The number of nitrogens with zero attached hydrogens (tertiary/aromatic N) is 2. The van der Waals surface area contributed by atoms with E-state index < -0.39 is 0 Å². The van der Waals surface area contributed by atoms with Gasteiger partial charge in [0.1, 0.15) is 0 Å². The number of aliphatic hydroxyl groups excluding tert-OH is 1. The van der Waals surface area contributed by atoms with E-state index in [1.807, 2.05) is 62.7 Å². The van der Waals surface area contributed by atoms with Gasteiger partial charge >= 0.3 is 6.03 Å². The van der Waals surface area contributed by atoms with Crippen molar-refractivity contribution in [3.63, 3.8) is 0 Å². The van der Waals surface area contributed by atoms with Gasteiger partial charge in [-0.05, 0) is 50.3 Å². The zero-order chi connectivity index (χ0) is 18.4. The lowest BCUT2D eigenvalue weighted by atomic mass is 9.89. The first kappa shape index (κ1) is 19.0. The molecule has 0 saturated carbocycles. The summed E-state index contributed by atoms with van der Waals surface area (Å²) in [5.74, 6) is 0. The van der Waals surface area contributed by atoms with Gasteiger partial charge in [0.25, 0.3) is 0 Å². The lowest BCUT2D eigenvalue weighted by Gasteiger charge is -2.21. The third-order valence-electron chi connectivity index (χ3n) is 4.13. The zero-order valence-electron chi connectivity index (χ0n) is 15.5. The third-order valence-corrected chi connectivity index (χ3v) is 4.13. The van der Waals surface area contributed by atoms with Gasteiger partial charge in [0, 0.05) is 18.8 Å². The van der Waals surface area contributed by atoms with Crippen molar-refractivity contribution >= 4 is 11.7 Å². The highest BCUT2D eigenvalue weighted by molar-refractivity contribution is 5.91. The average molecular weight is 344 g/mol. The van der Waals surface area contributed by atoms with Gasteiger partial charge in [-0.25, -0.2) is 9.48 Å². The second-order valence-electron chi connectivity index (χ2n) is 7.16. The lowest BCUT2D eigenvalue weighted by Crippen LogP contribution is -2.31. The van der Waals surface area contributed by atoms with E-state index in [-0.39, 0.29) is 18.1 Å². The van der Waals surface area contributed by atoms with E-state index in [1.54, 1.807) is 0 Å². The first-order valence-corrected chi connectivity index (χ1v) is 8.61. The van der Waals surface area contributed by atoms with Crippen LogP contribution in [0.2, 0.25) is 0 Å². The standard InChI is InChI=1S/C19H28N4O2/c1-14-12-15(2)23(22-14)17-9-6-5-8-16(17)21-18(25)20-11-7-10-19(3,4)13-24/h5-6,8-9,12,24H,7,10-11,13H2,1-4H3,(H2,20,21,25). The molecule has 136 valence electrons. The highest BCUT2D eigenvalue weighted by Crippen LogP contribution is 2.22. The minimum absolute atomic E-state index is 0.111. The number of aryl methyl sites for hydroxylation is 2. The molecule has 0 fully saturated rings. The maximum atomic E-state index is 12.2. The van der Waals surface area contributed by atoms with E-state index >= 15 is 0 Å². The van der Waals surface area contributed by atoms with E-state index in [1.165, 1.54) is 0 Å². The van der Waals surface area contributed by atoms with Gasteiger partial charge in [-0.15, -0.1) is 0 Å². The number of hydrogen-bond donors (Lipinski definition) is 3. The Kier molecular flexibility index (Phi) is 6.20. The Hall–Kier alpha value is -2.34. The Morgan fingerprint density at radius 1 is 1.28 bits per heavy atom. The average Bonchev–Trinajstić information content (AvgIpc) is 2.90. The van der Waals surface area contributed by atoms with Crippen LogP contribution in [-0.2, 0) is 0 Å². The lowest BCUT2D eigenvalue weighted by molar-refractivity contribution is 0.148. The highest BCUT2D eigenvalue weighted by Gasteiger charge is 2.16. The molecule has 0 radical (unpaired) electrons. The van der Waals surface area contributed by atoms with Crippen molar-refractivity contribution in [1.29, 1.82) is 0 Å². The van der Waals surface area contributed by atoms with Crippen molar-refractivity contribution in [2.75, 3.05) is 18.5 Å². The number of carbonyl (C=O) groups is 1. The van der Waals surface area contributed by atoms with Crippen LogP contribution in [0.4, 0.5) is 10.5 Å². The van der Waals surface area contributed by atoms with Crippen molar-refractivity contribution in [1.82, 2.24) is 15.1 Å². The molecule has 6 heteroatoms. The Labute approximate surface area is 149 Å². The molecule has 0 spiro atoms. The molecule has 0 aliphatic heterocycles. The Morgan fingerprint density at radius 3 is 2.64 bits per heavy atom. The summed E-state index contributed by atoms with van der Waals surface area (Å²) < 4.78 is 1.83. The van der Waals surface area contributed by atoms with E-state index in [4.69, 9.17) is 0 Å². The molecular formula is C19H28N4O2. The molecule has 25 heavy (non-hydrogen) atoms. The Balaban J connectivity index is 1.97. The number of para-hydroxylation sites is 2. The largest absolute Gasteiger partial charge is 0.396 e. The van der Waals surface area contributed by atoms with E-state index in [0.717, 1.165) is 29.9 Å². The first-order chi connectivity index (χ1) is 11.8. The number of nitrogens with one attached hydrogen (secondary N) is 2. The normalized spacial score (nSPS) is 11.4. The van der Waals surface area contributed by atoms with Crippen molar-refractivity contribution in [2.45, 2.75) is 40.5 Å². The fourth-order valence-corrected chi connectivity index (χ4v) is 2.65. The Bertz CT molecular complexity index is 722. The second kappa shape index (κ2) is 8.16. The molecule has 0 atom stereocenters. The van der Waals surface area contributed by atoms with Crippen LogP contribution in [0.25, 0.3) is 5.69 Å². The molecule has 0 unspecified atom stereocenters.